The van der Waals surface area contributed by atoms with Gasteiger partial charge in [-0.25, -0.2) is 0 Å². The third-order valence-corrected chi connectivity index (χ3v) is 8.02. The van der Waals surface area contributed by atoms with Gasteiger partial charge in [-0.05, 0) is 66.4 Å². The molecule has 1 saturated heterocycles. The van der Waals surface area contributed by atoms with Crippen LogP contribution >= 0.6 is 0 Å². The van der Waals surface area contributed by atoms with Gasteiger partial charge in [0.2, 0.25) is 0 Å². The molecule has 1 aliphatic heterocycles. The Morgan fingerprint density at radius 1 is 1.17 bits per heavy atom. The standard InChI is InChI=1S/C30H34N2O3/c1-3-14-32-15-13-30(24-9-6-10-26(17-24)35-2)19-25(18-28(33)27(30)20-32)31-29(34)23-12-11-21-7-4-5-8-22(21)16-23/h3-12,16-17,25,27-28,33H,1,13-15,18-20H2,2H3,(H,31,34)/t25-,27+,28?,30+/m1/s1. The van der Waals surface area contributed by atoms with Gasteiger partial charge in [0.05, 0.1) is 13.2 Å². The van der Waals surface area contributed by atoms with Crippen LogP contribution in [0.1, 0.15) is 35.2 Å². The van der Waals surface area contributed by atoms with Crippen molar-refractivity contribution in [2.45, 2.75) is 36.8 Å². The fourth-order valence-corrected chi connectivity index (χ4v) is 6.28. The van der Waals surface area contributed by atoms with Crippen LogP contribution in [-0.2, 0) is 5.41 Å². The molecule has 1 aliphatic carbocycles. The number of nitrogens with one attached hydrogen (secondary N) is 1. The Hall–Kier alpha value is -3.15. The first-order chi connectivity index (χ1) is 17.0. The van der Waals surface area contributed by atoms with Crippen LogP contribution in [0.2, 0.25) is 0 Å². The minimum absolute atomic E-state index is 0.0807. The lowest BCUT2D eigenvalue weighted by atomic mass is 9.57. The van der Waals surface area contributed by atoms with Gasteiger partial charge in [0.15, 0.2) is 0 Å². The van der Waals surface area contributed by atoms with Crippen LogP contribution in [0.3, 0.4) is 0 Å². The van der Waals surface area contributed by atoms with Crippen LogP contribution in [0.15, 0.2) is 79.4 Å². The Kier molecular flexibility index (Phi) is 6.63. The monoisotopic (exact) mass is 470 g/mol. The van der Waals surface area contributed by atoms with E-state index in [9.17, 15) is 9.90 Å². The summed E-state index contributed by atoms with van der Waals surface area (Å²) in [6.45, 7) is 6.46. The van der Waals surface area contributed by atoms with Gasteiger partial charge in [0.25, 0.3) is 5.91 Å². The van der Waals surface area contributed by atoms with E-state index >= 15 is 0 Å². The number of hydrogen-bond acceptors (Lipinski definition) is 4. The second-order valence-corrected chi connectivity index (χ2v) is 10.0. The zero-order valence-corrected chi connectivity index (χ0v) is 20.3. The van der Waals surface area contributed by atoms with E-state index in [0.29, 0.717) is 12.0 Å². The van der Waals surface area contributed by atoms with E-state index in [1.807, 2.05) is 60.7 Å². The molecule has 3 aromatic rings. The number of methoxy groups -OCH3 is 1. The fourth-order valence-electron chi connectivity index (χ4n) is 6.28. The van der Waals surface area contributed by atoms with Gasteiger partial charge in [-0.15, -0.1) is 6.58 Å². The first-order valence-corrected chi connectivity index (χ1v) is 12.5. The summed E-state index contributed by atoms with van der Waals surface area (Å²) in [6, 6.07) is 22.0. The summed E-state index contributed by atoms with van der Waals surface area (Å²) < 4.78 is 5.54. The maximum absolute atomic E-state index is 13.3. The molecule has 5 nitrogen and oxygen atoms in total. The molecule has 2 fully saturated rings. The highest BCUT2D eigenvalue weighted by molar-refractivity contribution is 5.98. The van der Waals surface area contributed by atoms with Crippen molar-refractivity contribution in [1.29, 1.82) is 0 Å². The molecule has 0 radical (unpaired) electrons. The molecule has 5 rings (SSSR count). The Bertz CT molecular complexity index is 1220. The molecule has 2 aliphatic rings. The number of carbonyl (C=O) groups is 1. The largest absolute Gasteiger partial charge is 0.497 e. The van der Waals surface area contributed by atoms with E-state index in [-0.39, 0.29) is 23.3 Å². The quantitative estimate of drug-likeness (QED) is 0.519. The lowest BCUT2D eigenvalue weighted by molar-refractivity contribution is -0.0450. The highest BCUT2D eigenvalue weighted by Crippen LogP contribution is 2.49. The van der Waals surface area contributed by atoms with Crippen LogP contribution < -0.4 is 10.1 Å². The van der Waals surface area contributed by atoms with E-state index in [1.54, 1.807) is 7.11 Å². The number of fused-ring (bicyclic) bond motifs is 2. The Labute approximate surface area is 207 Å². The molecule has 182 valence electrons. The molecular formula is C30H34N2O3. The number of rotatable bonds is 6. The van der Waals surface area contributed by atoms with Crippen LogP contribution in [0.25, 0.3) is 10.8 Å². The number of benzene rings is 3. The summed E-state index contributed by atoms with van der Waals surface area (Å²) in [4.78, 5) is 15.6. The zero-order chi connectivity index (χ0) is 24.4. The topological polar surface area (TPSA) is 61.8 Å². The Balaban J connectivity index is 1.43. The summed E-state index contributed by atoms with van der Waals surface area (Å²) in [6.07, 6.45) is 3.68. The van der Waals surface area contributed by atoms with Gasteiger partial charge in [-0.2, -0.15) is 0 Å². The molecule has 2 N–H and O–H groups in total. The normalized spacial score (nSPS) is 26.6. The van der Waals surface area contributed by atoms with Gasteiger partial charge < -0.3 is 15.2 Å². The SMILES string of the molecule is C=CCN1CC[C@@]2(c3cccc(OC)c3)C[C@H](NC(=O)c3ccc4ccccc4c3)CC(O)[C@@H]2C1. The number of likely N-dealkylation sites (tertiary alicyclic amines) is 1. The van der Waals surface area contributed by atoms with Gasteiger partial charge in [0, 0.05) is 36.0 Å². The number of aliphatic hydroxyl groups is 1. The number of hydrogen-bond donors (Lipinski definition) is 2. The van der Waals surface area contributed by atoms with Crippen LogP contribution in [-0.4, -0.2) is 54.8 Å². The molecule has 0 bridgehead atoms. The van der Waals surface area contributed by atoms with Crippen molar-refractivity contribution >= 4 is 16.7 Å². The van der Waals surface area contributed by atoms with Crippen LogP contribution in [0.5, 0.6) is 5.75 Å². The first kappa shape index (κ1) is 23.6. The van der Waals surface area contributed by atoms with Crippen LogP contribution in [0, 0.1) is 5.92 Å². The molecule has 35 heavy (non-hydrogen) atoms. The van der Waals surface area contributed by atoms with Crippen molar-refractivity contribution < 1.29 is 14.6 Å². The molecule has 1 heterocycles. The van der Waals surface area contributed by atoms with Crippen LogP contribution in [0.4, 0.5) is 0 Å². The lowest BCUT2D eigenvalue weighted by Crippen LogP contribution is -2.61. The summed E-state index contributed by atoms with van der Waals surface area (Å²) in [5.74, 6) is 0.814. The predicted molar refractivity (Wildman–Crippen MR) is 140 cm³/mol. The number of aliphatic hydroxyl groups excluding tert-OH is 1. The van der Waals surface area contributed by atoms with E-state index in [0.717, 1.165) is 49.0 Å². The van der Waals surface area contributed by atoms with Gasteiger partial charge in [0.1, 0.15) is 5.75 Å². The summed E-state index contributed by atoms with van der Waals surface area (Å²) in [5.41, 5.74) is 1.60. The van der Waals surface area contributed by atoms with Gasteiger partial charge in [-0.1, -0.05) is 48.5 Å². The highest BCUT2D eigenvalue weighted by atomic mass is 16.5. The number of amides is 1. The minimum Gasteiger partial charge on any atom is -0.497 e. The summed E-state index contributed by atoms with van der Waals surface area (Å²) in [7, 11) is 1.68. The molecule has 0 aromatic heterocycles. The zero-order valence-electron chi connectivity index (χ0n) is 20.3. The van der Waals surface area contributed by atoms with Crippen molar-refractivity contribution in [2.24, 2.45) is 5.92 Å². The van der Waals surface area contributed by atoms with E-state index in [1.165, 1.54) is 5.56 Å². The first-order valence-electron chi connectivity index (χ1n) is 12.5. The van der Waals surface area contributed by atoms with Crippen molar-refractivity contribution in [3.63, 3.8) is 0 Å². The van der Waals surface area contributed by atoms with Crippen molar-refractivity contribution in [2.75, 3.05) is 26.7 Å². The molecule has 5 heteroatoms. The third-order valence-electron chi connectivity index (χ3n) is 8.02. The van der Waals surface area contributed by atoms with E-state index < -0.39 is 6.10 Å². The second-order valence-electron chi connectivity index (χ2n) is 10.0. The second kappa shape index (κ2) is 9.84. The molecule has 4 atom stereocenters. The van der Waals surface area contributed by atoms with E-state index in [2.05, 4.69) is 28.9 Å². The average Bonchev–Trinajstić information content (AvgIpc) is 2.89. The molecule has 3 aromatic carbocycles. The molecule has 1 saturated carbocycles. The highest BCUT2D eigenvalue weighted by Gasteiger charge is 2.52. The fraction of sp³-hybridized carbons (Fsp3) is 0.367. The van der Waals surface area contributed by atoms with Crippen molar-refractivity contribution in [3.8, 4) is 5.75 Å². The van der Waals surface area contributed by atoms with Crippen molar-refractivity contribution in [3.05, 3.63) is 90.5 Å². The summed E-state index contributed by atoms with van der Waals surface area (Å²) >= 11 is 0. The Morgan fingerprint density at radius 3 is 2.80 bits per heavy atom. The Morgan fingerprint density at radius 2 is 2.00 bits per heavy atom. The van der Waals surface area contributed by atoms with E-state index in [4.69, 9.17) is 4.74 Å². The summed E-state index contributed by atoms with van der Waals surface area (Å²) in [5, 5.41) is 16.8. The number of carbonyl (C=O) groups excluding carboxylic acids is 1. The molecular weight excluding hydrogens is 436 g/mol. The van der Waals surface area contributed by atoms with Gasteiger partial charge in [-0.3, -0.25) is 9.69 Å². The predicted octanol–water partition coefficient (Wildman–Crippen LogP) is 4.55. The smallest absolute Gasteiger partial charge is 0.251 e. The molecule has 1 unspecified atom stereocenters. The third kappa shape index (κ3) is 4.58. The van der Waals surface area contributed by atoms with Crippen molar-refractivity contribution in [1.82, 2.24) is 10.2 Å². The molecule has 1 amide bonds. The maximum Gasteiger partial charge on any atom is 0.251 e. The lowest BCUT2D eigenvalue weighted by Gasteiger charge is -2.54. The number of piperidine rings is 1. The number of nitrogens with zero attached hydrogens (tertiary/aromatic N) is 1. The minimum atomic E-state index is -0.510. The maximum atomic E-state index is 13.3. The average molecular weight is 471 g/mol. The van der Waals surface area contributed by atoms with Gasteiger partial charge >= 0.3 is 0 Å². The number of ether oxygens (including phenoxy) is 1. The molecule has 0 spiro atoms.